The minimum absolute atomic E-state index is 0.0302. The van der Waals surface area contributed by atoms with E-state index in [0.717, 1.165) is 41.2 Å². The van der Waals surface area contributed by atoms with E-state index in [4.69, 9.17) is 4.98 Å². The lowest BCUT2D eigenvalue weighted by molar-refractivity contribution is 0.0710. The van der Waals surface area contributed by atoms with Crippen LogP contribution in [-0.2, 0) is 0 Å². The first-order chi connectivity index (χ1) is 14.4. The van der Waals surface area contributed by atoms with E-state index in [9.17, 15) is 9.18 Å². The van der Waals surface area contributed by atoms with Gasteiger partial charge in [0.1, 0.15) is 10.7 Å². The summed E-state index contributed by atoms with van der Waals surface area (Å²) in [6.07, 6.45) is 3.59. The summed E-state index contributed by atoms with van der Waals surface area (Å²) < 4.78 is 17.3. The predicted molar refractivity (Wildman–Crippen MR) is 114 cm³/mol. The highest BCUT2D eigenvalue weighted by atomic mass is 32.1. The second kappa shape index (κ2) is 8.43. The molecule has 156 valence electrons. The second-order valence-corrected chi connectivity index (χ2v) is 8.40. The van der Waals surface area contributed by atoms with E-state index < -0.39 is 0 Å². The molecule has 30 heavy (non-hydrogen) atoms. The minimum atomic E-state index is -0.283. The summed E-state index contributed by atoms with van der Waals surface area (Å²) in [5.74, 6) is 0.360. The summed E-state index contributed by atoms with van der Waals surface area (Å²) in [6.45, 7) is 3.07. The van der Waals surface area contributed by atoms with Crippen LogP contribution in [0, 0.1) is 12.7 Å². The van der Waals surface area contributed by atoms with Crippen LogP contribution in [0.5, 0.6) is 0 Å². The summed E-state index contributed by atoms with van der Waals surface area (Å²) >= 11 is 1.14. The molecule has 2 aromatic heterocycles. The van der Waals surface area contributed by atoms with Crippen molar-refractivity contribution in [2.24, 2.45) is 0 Å². The van der Waals surface area contributed by atoms with Gasteiger partial charge in [-0.2, -0.15) is 0 Å². The molecular weight excluding hydrogens is 403 g/mol. The van der Waals surface area contributed by atoms with Crippen molar-refractivity contribution in [3.05, 3.63) is 52.5 Å². The fourth-order valence-corrected chi connectivity index (χ4v) is 4.35. The van der Waals surface area contributed by atoms with Crippen LogP contribution in [0.3, 0.4) is 0 Å². The number of aromatic nitrogens is 4. The number of nitrogens with zero attached hydrogens (tertiary/aromatic N) is 6. The Bertz CT molecular complexity index is 1050. The number of likely N-dealkylation sites (tertiary alicyclic amines) is 1. The van der Waals surface area contributed by atoms with E-state index in [1.54, 1.807) is 25.3 Å². The number of aryl methyl sites for hydroxylation is 1. The van der Waals surface area contributed by atoms with Gasteiger partial charge in [-0.05, 0) is 49.0 Å². The van der Waals surface area contributed by atoms with E-state index in [-0.39, 0.29) is 17.6 Å². The fourth-order valence-electron chi connectivity index (χ4n) is 3.72. The van der Waals surface area contributed by atoms with Crippen LogP contribution in [0.15, 0.2) is 30.5 Å². The molecule has 0 bridgehead atoms. The summed E-state index contributed by atoms with van der Waals surface area (Å²) in [5, 5.41) is 3.97. The first-order valence-corrected chi connectivity index (χ1v) is 10.6. The Morgan fingerprint density at radius 1 is 1.27 bits per heavy atom. The number of halogens is 1. The van der Waals surface area contributed by atoms with E-state index in [1.807, 2.05) is 23.9 Å². The Morgan fingerprint density at radius 2 is 2.03 bits per heavy atom. The summed E-state index contributed by atoms with van der Waals surface area (Å²) in [6, 6.07) is 6.36. The summed E-state index contributed by atoms with van der Waals surface area (Å²) in [7, 11) is 3.79. The van der Waals surface area contributed by atoms with E-state index in [0.29, 0.717) is 29.6 Å². The van der Waals surface area contributed by atoms with E-state index in [2.05, 4.69) is 14.6 Å². The van der Waals surface area contributed by atoms with Crippen molar-refractivity contribution in [3.63, 3.8) is 0 Å². The quantitative estimate of drug-likeness (QED) is 0.635. The second-order valence-electron chi connectivity index (χ2n) is 7.65. The van der Waals surface area contributed by atoms with Crippen molar-refractivity contribution in [3.8, 4) is 11.1 Å². The van der Waals surface area contributed by atoms with Crippen LogP contribution in [0.1, 0.15) is 39.8 Å². The molecule has 0 unspecified atom stereocenters. The van der Waals surface area contributed by atoms with Gasteiger partial charge in [0.25, 0.3) is 5.91 Å². The number of rotatable bonds is 4. The molecule has 1 atom stereocenters. The number of benzene rings is 1. The van der Waals surface area contributed by atoms with Crippen LogP contribution in [0.2, 0.25) is 0 Å². The maximum Gasteiger partial charge on any atom is 0.267 e. The van der Waals surface area contributed by atoms with Crippen LogP contribution < -0.4 is 4.90 Å². The lowest BCUT2D eigenvalue weighted by Gasteiger charge is -2.33. The highest BCUT2D eigenvalue weighted by Gasteiger charge is 2.30. The molecule has 1 saturated heterocycles. The summed E-state index contributed by atoms with van der Waals surface area (Å²) in [5.41, 5.74) is 3.28. The number of hydrogen-bond acceptors (Lipinski definition) is 7. The van der Waals surface area contributed by atoms with Gasteiger partial charge in [0.05, 0.1) is 11.4 Å². The number of anilines is 1. The minimum Gasteiger partial charge on any atom is -0.347 e. The zero-order chi connectivity index (χ0) is 21.3. The first kappa shape index (κ1) is 20.3. The third-order valence-corrected chi connectivity index (χ3v) is 6.12. The first-order valence-electron chi connectivity index (χ1n) is 9.82. The third kappa shape index (κ3) is 4.02. The van der Waals surface area contributed by atoms with Crippen molar-refractivity contribution in [1.82, 2.24) is 24.5 Å². The molecule has 1 fully saturated rings. The predicted octanol–water partition coefficient (Wildman–Crippen LogP) is 3.53. The molecule has 1 aromatic carbocycles. The lowest BCUT2D eigenvalue weighted by atomic mass is 9.90. The molecule has 1 aliphatic rings. The number of carbonyl (C=O) groups excluding carboxylic acids is 1. The normalized spacial score (nSPS) is 16.5. The Labute approximate surface area is 178 Å². The van der Waals surface area contributed by atoms with Crippen LogP contribution in [0.4, 0.5) is 10.3 Å². The number of piperidine rings is 1. The van der Waals surface area contributed by atoms with Gasteiger partial charge in [0.15, 0.2) is 0 Å². The maximum atomic E-state index is 13.4. The molecule has 1 aliphatic heterocycles. The average molecular weight is 427 g/mol. The van der Waals surface area contributed by atoms with Crippen LogP contribution in [0.25, 0.3) is 11.1 Å². The fraction of sp³-hybridized carbons (Fsp3) is 0.381. The monoisotopic (exact) mass is 426 g/mol. The van der Waals surface area contributed by atoms with Crippen molar-refractivity contribution in [2.75, 3.05) is 32.1 Å². The third-order valence-electron chi connectivity index (χ3n) is 5.30. The SMILES string of the molecule is Cc1nnsc1C(=O)N1CCC[C@@H](c2nc(N(C)C)ncc2-c2ccc(F)cc2)C1. The van der Waals surface area contributed by atoms with Crippen molar-refractivity contribution in [2.45, 2.75) is 25.7 Å². The van der Waals surface area contributed by atoms with E-state index in [1.165, 1.54) is 12.1 Å². The Balaban J connectivity index is 1.69. The molecular formula is C21H23FN6OS. The highest BCUT2D eigenvalue weighted by molar-refractivity contribution is 7.07. The lowest BCUT2D eigenvalue weighted by Crippen LogP contribution is -2.39. The molecule has 4 rings (SSSR count). The molecule has 3 heterocycles. The van der Waals surface area contributed by atoms with Gasteiger partial charge in [-0.3, -0.25) is 4.79 Å². The molecule has 0 N–H and O–H groups in total. The topological polar surface area (TPSA) is 75.1 Å². The molecule has 3 aromatic rings. The molecule has 7 nitrogen and oxygen atoms in total. The van der Waals surface area contributed by atoms with Crippen LogP contribution in [-0.4, -0.2) is 57.5 Å². The summed E-state index contributed by atoms with van der Waals surface area (Å²) in [4.78, 5) is 26.6. The largest absolute Gasteiger partial charge is 0.347 e. The zero-order valence-electron chi connectivity index (χ0n) is 17.2. The smallest absolute Gasteiger partial charge is 0.267 e. The van der Waals surface area contributed by atoms with Gasteiger partial charge in [-0.15, -0.1) is 5.10 Å². The zero-order valence-corrected chi connectivity index (χ0v) is 18.0. The average Bonchev–Trinajstić information content (AvgIpc) is 3.19. The Hall–Kier alpha value is -2.94. The van der Waals surface area contributed by atoms with E-state index >= 15 is 0 Å². The Kier molecular flexibility index (Phi) is 5.72. The molecule has 0 spiro atoms. The number of carbonyl (C=O) groups is 1. The van der Waals surface area contributed by atoms with Gasteiger partial charge < -0.3 is 9.80 Å². The van der Waals surface area contributed by atoms with Crippen molar-refractivity contribution in [1.29, 1.82) is 0 Å². The van der Waals surface area contributed by atoms with Gasteiger partial charge >= 0.3 is 0 Å². The molecule has 1 amide bonds. The van der Waals surface area contributed by atoms with Crippen molar-refractivity contribution >= 4 is 23.4 Å². The van der Waals surface area contributed by atoms with Gasteiger partial charge in [-0.25, -0.2) is 14.4 Å². The molecule has 0 radical (unpaired) electrons. The Morgan fingerprint density at radius 3 is 2.70 bits per heavy atom. The molecule has 9 heteroatoms. The number of hydrogen-bond donors (Lipinski definition) is 0. The van der Waals surface area contributed by atoms with Gasteiger partial charge in [0.2, 0.25) is 5.95 Å². The highest BCUT2D eigenvalue weighted by Crippen LogP contribution is 2.34. The van der Waals surface area contributed by atoms with Gasteiger partial charge in [-0.1, -0.05) is 16.6 Å². The molecule has 0 aliphatic carbocycles. The molecule has 0 saturated carbocycles. The van der Waals surface area contributed by atoms with Crippen molar-refractivity contribution < 1.29 is 9.18 Å². The van der Waals surface area contributed by atoms with Gasteiger partial charge in [0, 0.05) is 44.9 Å². The van der Waals surface area contributed by atoms with Crippen LogP contribution >= 0.6 is 11.5 Å². The number of amides is 1. The maximum absolute atomic E-state index is 13.4. The standard InChI is InChI=1S/C21H23FN6OS/c1-13-19(30-26-25-13)20(29)28-10-4-5-15(12-28)18-17(11-23-21(24-18)27(2)3)14-6-8-16(22)9-7-14/h6-9,11,15H,4-5,10,12H2,1-3H3/t15-/m1/s1.